The molecule has 0 bridgehead atoms. The number of hydrogen-bond acceptors (Lipinski definition) is 3. The van der Waals surface area contributed by atoms with Crippen molar-refractivity contribution in [3.8, 4) is 0 Å². The molecule has 1 fully saturated rings. The van der Waals surface area contributed by atoms with Crippen molar-refractivity contribution in [3.63, 3.8) is 0 Å². The Morgan fingerprint density at radius 3 is 2.33 bits per heavy atom. The van der Waals surface area contributed by atoms with Crippen LogP contribution in [-0.4, -0.2) is 49.9 Å². The van der Waals surface area contributed by atoms with Gasteiger partial charge in [-0.1, -0.05) is 0 Å². The predicted molar refractivity (Wildman–Crippen MR) is 60.0 cm³/mol. The molecule has 15 heavy (non-hydrogen) atoms. The molecule has 0 radical (unpaired) electrons. The Hall–Kier alpha value is -0.810. The van der Waals surface area contributed by atoms with Gasteiger partial charge in [0.2, 0.25) is 0 Å². The highest BCUT2D eigenvalue weighted by atomic mass is 35.5. The van der Waals surface area contributed by atoms with Gasteiger partial charge < -0.3 is 15.5 Å². The molecular formula is C9H18ClN3O2. The van der Waals surface area contributed by atoms with E-state index in [2.05, 4.69) is 10.6 Å². The zero-order chi connectivity index (χ0) is 10.6. The lowest BCUT2D eigenvalue weighted by Crippen LogP contribution is -2.42. The van der Waals surface area contributed by atoms with Crippen LogP contribution in [-0.2, 0) is 9.59 Å². The summed E-state index contributed by atoms with van der Waals surface area (Å²) in [6.07, 6.45) is 1.99. The Balaban J connectivity index is 0.00000196. The van der Waals surface area contributed by atoms with Crippen LogP contribution in [0, 0.1) is 0 Å². The SMILES string of the molecule is CN(C)CCNC(=O)C(=O)NC1CC1.Cl. The van der Waals surface area contributed by atoms with Gasteiger partial charge >= 0.3 is 11.8 Å². The summed E-state index contributed by atoms with van der Waals surface area (Å²) in [5, 5.41) is 5.18. The molecule has 5 nitrogen and oxygen atoms in total. The van der Waals surface area contributed by atoms with Gasteiger partial charge in [0.25, 0.3) is 0 Å². The van der Waals surface area contributed by atoms with Gasteiger partial charge in [-0.05, 0) is 26.9 Å². The molecule has 0 heterocycles. The second kappa shape index (κ2) is 6.63. The summed E-state index contributed by atoms with van der Waals surface area (Å²) in [7, 11) is 3.83. The first-order chi connectivity index (χ1) is 6.59. The van der Waals surface area contributed by atoms with Gasteiger partial charge in [0, 0.05) is 19.1 Å². The fraction of sp³-hybridized carbons (Fsp3) is 0.778. The zero-order valence-electron chi connectivity index (χ0n) is 9.08. The van der Waals surface area contributed by atoms with Crippen LogP contribution in [0.5, 0.6) is 0 Å². The third-order valence-corrected chi connectivity index (χ3v) is 1.96. The van der Waals surface area contributed by atoms with Crippen molar-refractivity contribution in [2.24, 2.45) is 0 Å². The maximum absolute atomic E-state index is 11.1. The van der Waals surface area contributed by atoms with Gasteiger partial charge in [-0.15, -0.1) is 12.4 Å². The quantitative estimate of drug-likeness (QED) is 0.638. The summed E-state index contributed by atoms with van der Waals surface area (Å²) in [4.78, 5) is 24.2. The number of nitrogens with one attached hydrogen (secondary N) is 2. The highest BCUT2D eigenvalue weighted by Crippen LogP contribution is 2.18. The van der Waals surface area contributed by atoms with E-state index in [0.29, 0.717) is 6.54 Å². The zero-order valence-corrected chi connectivity index (χ0v) is 9.89. The lowest BCUT2D eigenvalue weighted by molar-refractivity contribution is -0.139. The third kappa shape index (κ3) is 6.30. The summed E-state index contributed by atoms with van der Waals surface area (Å²) >= 11 is 0. The van der Waals surface area contributed by atoms with Gasteiger partial charge in [0.05, 0.1) is 0 Å². The lowest BCUT2D eigenvalue weighted by Gasteiger charge is -2.10. The predicted octanol–water partition coefficient (Wildman–Crippen LogP) is -0.635. The molecule has 2 N–H and O–H groups in total. The van der Waals surface area contributed by atoms with Crippen molar-refractivity contribution in [1.29, 1.82) is 0 Å². The highest BCUT2D eigenvalue weighted by molar-refractivity contribution is 6.35. The molecule has 1 aliphatic carbocycles. The van der Waals surface area contributed by atoms with Crippen LogP contribution in [0.15, 0.2) is 0 Å². The van der Waals surface area contributed by atoms with Crippen LogP contribution in [0.1, 0.15) is 12.8 Å². The minimum absolute atomic E-state index is 0. The molecule has 88 valence electrons. The van der Waals surface area contributed by atoms with E-state index in [1.54, 1.807) is 0 Å². The van der Waals surface area contributed by atoms with Crippen molar-refractivity contribution in [1.82, 2.24) is 15.5 Å². The number of carbonyl (C=O) groups excluding carboxylic acids is 2. The molecule has 0 spiro atoms. The lowest BCUT2D eigenvalue weighted by atomic mass is 10.5. The van der Waals surface area contributed by atoms with Crippen LogP contribution in [0.3, 0.4) is 0 Å². The van der Waals surface area contributed by atoms with E-state index in [9.17, 15) is 9.59 Å². The van der Waals surface area contributed by atoms with Gasteiger partial charge in [-0.2, -0.15) is 0 Å². The summed E-state index contributed by atoms with van der Waals surface area (Å²) < 4.78 is 0. The Morgan fingerprint density at radius 1 is 1.27 bits per heavy atom. The molecule has 0 atom stereocenters. The maximum atomic E-state index is 11.1. The molecule has 6 heteroatoms. The molecule has 0 unspecified atom stereocenters. The maximum Gasteiger partial charge on any atom is 0.309 e. The summed E-state index contributed by atoms with van der Waals surface area (Å²) in [5.41, 5.74) is 0. The summed E-state index contributed by atoms with van der Waals surface area (Å²) in [6.45, 7) is 1.24. The number of nitrogens with zero attached hydrogens (tertiary/aromatic N) is 1. The van der Waals surface area contributed by atoms with Gasteiger partial charge in [0.15, 0.2) is 0 Å². The molecule has 0 saturated heterocycles. The number of hydrogen-bond donors (Lipinski definition) is 2. The average Bonchev–Trinajstić information content (AvgIpc) is 2.87. The Labute approximate surface area is 96.0 Å². The van der Waals surface area contributed by atoms with E-state index in [1.807, 2.05) is 19.0 Å². The number of rotatable bonds is 4. The highest BCUT2D eigenvalue weighted by Gasteiger charge is 2.25. The normalized spacial score (nSPS) is 14.3. The first-order valence-electron chi connectivity index (χ1n) is 4.83. The van der Waals surface area contributed by atoms with Crippen molar-refractivity contribution in [2.45, 2.75) is 18.9 Å². The first kappa shape index (κ1) is 14.2. The number of amides is 2. The monoisotopic (exact) mass is 235 g/mol. The van der Waals surface area contributed by atoms with E-state index in [-0.39, 0.29) is 18.4 Å². The van der Waals surface area contributed by atoms with Gasteiger partial charge in [-0.3, -0.25) is 9.59 Å². The molecule has 0 aromatic carbocycles. The van der Waals surface area contributed by atoms with Crippen LogP contribution in [0.4, 0.5) is 0 Å². The number of carbonyl (C=O) groups is 2. The Morgan fingerprint density at radius 2 is 1.87 bits per heavy atom. The van der Waals surface area contributed by atoms with Crippen molar-refractivity contribution in [2.75, 3.05) is 27.2 Å². The van der Waals surface area contributed by atoms with Crippen LogP contribution < -0.4 is 10.6 Å². The van der Waals surface area contributed by atoms with E-state index in [0.717, 1.165) is 19.4 Å². The molecule has 2 amide bonds. The minimum atomic E-state index is -0.529. The van der Waals surface area contributed by atoms with E-state index in [4.69, 9.17) is 0 Å². The standard InChI is InChI=1S/C9H17N3O2.ClH/c1-12(2)6-5-10-8(13)9(14)11-7-3-4-7;/h7H,3-6H2,1-2H3,(H,10,13)(H,11,14);1H. The van der Waals surface area contributed by atoms with Crippen LogP contribution in [0.2, 0.25) is 0 Å². The Bertz CT molecular complexity index is 229. The topological polar surface area (TPSA) is 61.4 Å². The second-order valence-corrected chi connectivity index (χ2v) is 3.81. The summed E-state index contributed by atoms with van der Waals surface area (Å²) in [6, 6.07) is 0.238. The third-order valence-electron chi connectivity index (χ3n) is 1.96. The molecule has 0 aliphatic heterocycles. The van der Waals surface area contributed by atoms with E-state index < -0.39 is 11.8 Å². The van der Waals surface area contributed by atoms with Crippen molar-refractivity contribution >= 4 is 24.2 Å². The summed E-state index contributed by atoms with van der Waals surface area (Å²) in [5.74, 6) is -1.04. The smallest absolute Gasteiger partial charge is 0.309 e. The molecule has 1 saturated carbocycles. The van der Waals surface area contributed by atoms with Crippen molar-refractivity contribution < 1.29 is 9.59 Å². The van der Waals surface area contributed by atoms with E-state index in [1.165, 1.54) is 0 Å². The molecular weight excluding hydrogens is 218 g/mol. The fourth-order valence-electron chi connectivity index (χ4n) is 0.952. The van der Waals surface area contributed by atoms with Crippen LogP contribution >= 0.6 is 12.4 Å². The van der Waals surface area contributed by atoms with Gasteiger partial charge in [0.1, 0.15) is 0 Å². The average molecular weight is 236 g/mol. The molecule has 0 aromatic rings. The number of halogens is 1. The first-order valence-corrected chi connectivity index (χ1v) is 4.83. The van der Waals surface area contributed by atoms with Gasteiger partial charge in [-0.25, -0.2) is 0 Å². The molecule has 1 rings (SSSR count). The largest absolute Gasteiger partial charge is 0.347 e. The molecule has 1 aliphatic rings. The molecule has 0 aromatic heterocycles. The van der Waals surface area contributed by atoms with E-state index >= 15 is 0 Å². The van der Waals surface area contributed by atoms with Crippen molar-refractivity contribution in [3.05, 3.63) is 0 Å². The second-order valence-electron chi connectivity index (χ2n) is 3.81. The fourth-order valence-corrected chi connectivity index (χ4v) is 0.952. The Kier molecular flexibility index (Phi) is 6.27. The van der Waals surface area contributed by atoms with Crippen LogP contribution in [0.25, 0.3) is 0 Å². The number of likely N-dealkylation sites (N-methyl/N-ethyl adjacent to an activating group) is 1. The minimum Gasteiger partial charge on any atom is -0.347 e.